The third kappa shape index (κ3) is 3.55. The highest BCUT2D eigenvalue weighted by atomic mass is 16.5. The van der Waals surface area contributed by atoms with E-state index in [4.69, 9.17) is 4.98 Å². The first-order valence-electron chi connectivity index (χ1n) is 8.74. The molecule has 1 fully saturated rings. The minimum atomic E-state index is -0.778. The number of hydrogen-bond donors (Lipinski definition) is 1. The minimum absolute atomic E-state index is 0.222. The Bertz CT molecular complexity index is 1010. The van der Waals surface area contributed by atoms with Crippen molar-refractivity contribution < 1.29 is 14.4 Å². The van der Waals surface area contributed by atoms with E-state index in [0.29, 0.717) is 11.5 Å². The fourth-order valence-corrected chi connectivity index (χ4v) is 3.16. The summed E-state index contributed by atoms with van der Waals surface area (Å²) in [7, 11) is 3.32. The van der Waals surface area contributed by atoms with E-state index < -0.39 is 5.97 Å². The molecule has 2 aromatic heterocycles. The van der Waals surface area contributed by atoms with Gasteiger partial charge in [-0.25, -0.2) is 9.78 Å². The molecule has 0 atom stereocenters. The van der Waals surface area contributed by atoms with Crippen molar-refractivity contribution >= 4 is 23.5 Å². The normalized spacial score (nSPS) is 15.6. The Labute approximate surface area is 156 Å². The lowest BCUT2D eigenvalue weighted by molar-refractivity contribution is -0.880. The van der Waals surface area contributed by atoms with Gasteiger partial charge in [0.05, 0.1) is 45.9 Å². The average molecular weight is 368 g/mol. The van der Waals surface area contributed by atoms with Crippen molar-refractivity contribution in [3.8, 4) is 6.07 Å². The highest BCUT2D eigenvalue weighted by Gasteiger charge is 2.24. The van der Waals surface area contributed by atoms with Gasteiger partial charge in [-0.3, -0.25) is 9.20 Å². The molecule has 0 saturated carbocycles. The Hall–Kier alpha value is -3.18. The van der Waals surface area contributed by atoms with Gasteiger partial charge in [-0.15, -0.1) is 0 Å². The van der Waals surface area contributed by atoms with Crippen molar-refractivity contribution in [2.45, 2.75) is 6.92 Å². The predicted octanol–water partition coefficient (Wildman–Crippen LogP) is -0.582. The zero-order valence-corrected chi connectivity index (χ0v) is 15.7. The number of pyridine rings is 1. The molecule has 3 rings (SSSR count). The molecule has 2 aromatic rings. The van der Waals surface area contributed by atoms with Crippen molar-refractivity contribution in [1.82, 2.24) is 9.38 Å². The summed E-state index contributed by atoms with van der Waals surface area (Å²) < 4.78 is 6.09. The number of methoxy groups -OCH3 is 1. The molecule has 1 saturated heterocycles. The lowest BCUT2D eigenvalue weighted by Gasteiger charge is -2.31. The number of nitrogens with one attached hydrogen (secondary N) is 1. The Morgan fingerprint density at radius 1 is 1.41 bits per heavy atom. The third-order valence-corrected chi connectivity index (χ3v) is 4.80. The molecule has 1 aliphatic rings. The first-order chi connectivity index (χ1) is 13.0. The molecule has 27 heavy (non-hydrogen) atoms. The van der Waals surface area contributed by atoms with E-state index in [2.05, 4.69) is 11.8 Å². The van der Waals surface area contributed by atoms with Gasteiger partial charge in [0, 0.05) is 6.20 Å². The fourth-order valence-electron chi connectivity index (χ4n) is 3.16. The molecule has 0 unspecified atom stereocenters. The standard InChI is InChI=1S/C19H21N5O3/c1-13-5-4-6-24-16(13)21-17(23-9-7-22(2)8-10-23)15(18(24)25)11-14(12-20)19(26)27-3/h4-6,11H,7-10H2,1-3H3/p+1/b14-11-. The Kier molecular flexibility index (Phi) is 5.23. The highest BCUT2D eigenvalue weighted by Crippen LogP contribution is 2.20. The molecular weight excluding hydrogens is 346 g/mol. The molecule has 0 aromatic carbocycles. The van der Waals surface area contributed by atoms with E-state index in [-0.39, 0.29) is 16.7 Å². The number of nitrogens with zero attached hydrogens (tertiary/aromatic N) is 4. The SMILES string of the molecule is COC(=O)/C(C#N)=C\c1c(N2CC[NH+](C)CC2)nc2c(C)cccn2c1=O. The number of carbonyl (C=O) groups excluding carboxylic acids is 1. The minimum Gasteiger partial charge on any atom is -0.465 e. The van der Waals surface area contributed by atoms with Crippen LogP contribution in [0.3, 0.4) is 0 Å². The Morgan fingerprint density at radius 3 is 2.74 bits per heavy atom. The second-order valence-electron chi connectivity index (χ2n) is 6.64. The second-order valence-corrected chi connectivity index (χ2v) is 6.64. The number of anilines is 1. The van der Waals surface area contributed by atoms with Crippen LogP contribution >= 0.6 is 0 Å². The van der Waals surface area contributed by atoms with Crippen molar-refractivity contribution in [3.05, 3.63) is 45.4 Å². The maximum Gasteiger partial charge on any atom is 0.348 e. The van der Waals surface area contributed by atoms with E-state index in [1.165, 1.54) is 22.5 Å². The summed E-state index contributed by atoms with van der Waals surface area (Å²) in [5, 5.41) is 9.31. The first kappa shape index (κ1) is 18.6. The summed E-state index contributed by atoms with van der Waals surface area (Å²) in [6.45, 7) is 5.20. The molecule has 1 aliphatic heterocycles. The average Bonchev–Trinajstić information content (AvgIpc) is 2.68. The molecule has 0 radical (unpaired) electrons. The van der Waals surface area contributed by atoms with Crippen molar-refractivity contribution in [2.24, 2.45) is 0 Å². The maximum absolute atomic E-state index is 13.2. The van der Waals surface area contributed by atoms with E-state index >= 15 is 0 Å². The summed E-state index contributed by atoms with van der Waals surface area (Å²) in [6.07, 6.45) is 2.92. The van der Waals surface area contributed by atoms with Gasteiger partial charge < -0.3 is 14.5 Å². The first-order valence-corrected chi connectivity index (χ1v) is 8.74. The van der Waals surface area contributed by atoms with Gasteiger partial charge in [0.1, 0.15) is 23.1 Å². The predicted molar refractivity (Wildman–Crippen MR) is 101 cm³/mol. The maximum atomic E-state index is 13.2. The molecule has 0 amide bonds. The van der Waals surface area contributed by atoms with Crippen LogP contribution in [0.5, 0.6) is 0 Å². The summed E-state index contributed by atoms with van der Waals surface area (Å²) in [5.41, 5.74) is 1.11. The zero-order chi connectivity index (χ0) is 19.6. The Balaban J connectivity index is 2.26. The van der Waals surface area contributed by atoms with Gasteiger partial charge in [0.2, 0.25) is 0 Å². The number of quaternary nitrogens is 1. The van der Waals surface area contributed by atoms with Gasteiger partial charge in [0.25, 0.3) is 5.56 Å². The lowest BCUT2D eigenvalue weighted by Crippen LogP contribution is -3.12. The number of carbonyl (C=O) groups is 1. The van der Waals surface area contributed by atoms with Gasteiger partial charge in [-0.1, -0.05) is 6.07 Å². The molecular formula is C19H22N5O3+. The van der Waals surface area contributed by atoms with E-state index in [1.54, 1.807) is 12.3 Å². The second kappa shape index (κ2) is 7.60. The molecule has 0 spiro atoms. The van der Waals surface area contributed by atoms with Gasteiger partial charge in [-0.05, 0) is 24.6 Å². The van der Waals surface area contributed by atoms with Crippen molar-refractivity contribution in [3.63, 3.8) is 0 Å². The highest BCUT2D eigenvalue weighted by molar-refractivity contribution is 5.98. The summed E-state index contributed by atoms with van der Waals surface area (Å²) in [4.78, 5) is 33.2. The van der Waals surface area contributed by atoms with Crippen LogP contribution in [0, 0.1) is 18.3 Å². The van der Waals surface area contributed by atoms with Crippen LogP contribution in [-0.4, -0.2) is 55.7 Å². The summed E-state index contributed by atoms with van der Waals surface area (Å²) in [6, 6.07) is 5.47. The fraction of sp³-hybridized carbons (Fsp3) is 0.368. The zero-order valence-electron chi connectivity index (χ0n) is 15.7. The number of esters is 1. The van der Waals surface area contributed by atoms with Crippen LogP contribution in [0.1, 0.15) is 11.1 Å². The topological polar surface area (TPSA) is 92.1 Å². The molecule has 1 N–H and O–H groups in total. The van der Waals surface area contributed by atoms with Crippen LogP contribution in [0.2, 0.25) is 0 Å². The van der Waals surface area contributed by atoms with Crippen LogP contribution in [0.4, 0.5) is 5.82 Å². The monoisotopic (exact) mass is 368 g/mol. The smallest absolute Gasteiger partial charge is 0.348 e. The van der Waals surface area contributed by atoms with Gasteiger partial charge >= 0.3 is 5.97 Å². The number of ether oxygens (including phenoxy) is 1. The van der Waals surface area contributed by atoms with Crippen LogP contribution in [-0.2, 0) is 9.53 Å². The van der Waals surface area contributed by atoms with Gasteiger partial charge in [0.15, 0.2) is 0 Å². The number of aromatic nitrogens is 2. The number of piperazine rings is 1. The van der Waals surface area contributed by atoms with Crippen LogP contribution in [0.15, 0.2) is 28.7 Å². The van der Waals surface area contributed by atoms with Crippen LogP contribution in [0.25, 0.3) is 11.7 Å². The summed E-state index contributed by atoms with van der Waals surface area (Å²) in [5.74, 6) is -0.279. The number of likely N-dealkylation sites (N-methyl/N-ethyl adjacent to an activating group) is 1. The molecule has 8 heteroatoms. The van der Waals surface area contributed by atoms with Crippen molar-refractivity contribution in [1.29, 1.82) is 5.26 Å². The van der Waals surface area contributed by atoms with E-state index in [0.717, 1.165) is 31.7 Å². The Morgan fingerprint density at radius 2 is 2.11 bits per heavy atom. The molecule has 0 aliphatic carbocycles. The molecule has 3 heterocycles. The quantitative estimate of drug-likeness (QED) is 0.443. The van der Waals surface area contributed by atoms with E-state index in [9.17, 15) is 14.9 Å². The number of fused-ring (bicyclic) bond motifs is 1. The largest absolute Gasteiger partial charge is 0.465 e. The number of aryl methyl sites for hydroxylation is 1. The molecule has 0 bridgehead atoms. The van der Waals surface area contributed by atoms with Gasteiger partial charge in [-0.2, -0.15) is 5.26 Å². The van der Waals surface area contributed by atoms with E-state index in [1.807, 2.05) is 24.0 Å². The lowest BCUT2D eigenvalue weighted by atomic mass is 10.1. The van der Waals surface area contributed by atoms with Crippen molar-refractivity contribution in [2.75, 3.05) is 45.2 Å². The summed E-state index contributed by atoms with van der Waals surface area (Å²) >= 11 is 0. The third-order valence-electron chi connectivity index (χ3n) is 4.80. The molecule has 8 nitrogen and oxygen atoms in total. The molecule has 140 valence electrons. The number of rotatable bonds is 3. The number of hydrogen-bond acceptors (Lipinski definition) is 6. The van der Waals surface area contributed by atoms with Crippen LogP contribution < -0.4 is 15.4 Å². The number of nitriles is 1.